The van der Waals surface area contributed by atoms with Gasteiger partial charge in [-0.15, -0.1) is 0 Å². The van der Waals surface area contributed by atoms with Crippen molar-refractivity contribution in [2.45, 2.75) is 56.4 Å². The van der Waals surface area contributed by atoms with E-state index in [-0.39, 0.29) is 17.1 Å². The van der Waals surface area contributed by atoms with E-state index in [2.05, 4.69) is 15.6 Å². The maximum Gasteiger partial charge on any atom is 0.329 e. The van der Waals surface area contributed by atoms with Crippen LogP contribution in [0.1, 0.15) is 37.5 Å². The molecule has 1 aromatic heterocycles. The quantitative estimate of drug-likeness (QED) is 0.251. The lowest BCUT2D eigenvalue weighted by molar-refractivity contribution is -0.157. The molecular weight excluding hydrogens is 514 g/mol. The van der Waals surface area contributed by atoms with E-state index in [0.29, 0.717) is 11.3 Å². The Morgan fingerprint density at radius 3 is 2.28 bits per heavy atom. The second-order valence-corrected chi connectivity index (χ2v) is 12.5. The van der Waals surface area contributed by atoms with Crippen molar-refractivity contribution in [1.82, 2.24) is 10.3 Å². The first-order valence-corrected chi connectivity index (χ1v) is 14.3. The van der Waals surface area contributed by atoms with Gasteiger partial charge >= 0.3 is 12.0 Å². The molecule has 39 heavy (non-hydrogen) atoms. The van der Waals surface area contributed by atoms with E-state index in [4.69, 9.17) is 4.74 Å². The number of fused-ring (bicyclic) bond motifs is 1. The largest absolute Gasteiger partial charge is 0.458 e. The number of rotatable bonds is 8. The van der Waals surface area contributed by atoms with Gasteiger partial charge in [0.2, 0.25) is 0 Å². The third-order valence-electron chi connectivity index (χ3n) is 6.04. The van der Waals surface area contributed by atoms with E-state index in [1.165, 1.54) is 0 Å². The zero-order valence-electron chi connectivity index (χ0n) is 22.4. The average molecular weight is 548 g/mol. The Hall–Kier alpha value is -4.11. The van der Waals surface area contributed by atoms with Crippen molar-refractivity contribution in [3.8, 4) is 0 Å². The minimum Gasteiger partial charge on any atom is -0.458 e. The highest BCUT2D eigenvalue weighted by molar-refractivity contribution is 7.90. The first-order valence-electron chi connectivity index (χ1n) is 12.6. The Morgan fingerprint density at radius 1 is 0.949 bits per heavy atom. The van der Waals surface area contributed by atoms with Crippen molar-refractivity contribution in [2.75, 3.05) is 5.32 Å². The Kier molecular flexibility index (Phi) is 8.11. The number of hydrogen-bond acceptors (Lipinski definition) is 5. The first-order chi connectivity index (χ1) is 18.4. The zero-order chi connectivity index (χ0) is 28.2. The molecule has 0 saturated carbocycles. The van der Waals surface area contributed by atoms with E-state index in [0.717, 1.165) is 22.0 Å². The van der Waals surface area contributed by atoms with Crippen LogP contribution in [0.5, 0.6) is 0 Å². The normalized spacial score (nSPS) is 12.6. The molecule has 0 saturated heterocycles. The fourth-order valence-corrected chi connectivity index (χ4v) is 5.49. The van der Waals surface area contributed by atoms with Gasteiger partial charge in [0.1, 0.15) is 11.6 Å². The topological polar surface area (TPSA) is 117 Å². The SMILES string of the molecule is Cc1ccc(S(=O)(=O)Cc2ccc(NC(=O)N[C@@H](Cc3c[nH]c4ccccc34)C(=O)OC(C)(C)C)cc2)cc1. The lowest BCUT2D eigenvalue weighted by Gasteiger charge is -2.24. The number of hydrogen-bond donors (Lipinski definition) is 3. The van der Waals surface area contributed by atoms with Gasteiger partial charge in [0.15, 0.2) is 9.84 Å². The molecule has 1 atom stereocenters. The second kappa shape index (κ2) is 11.3. The van der Waals surface area contributed by atoms with Gasteiger partial charge in [-0.3, -0.25) is 0 Å². The molecule has 0 aliphatic heterocycles. The predicted octanol–water partition coefficient (Wildman–Crippen LogP) is 5.52. The molecule has 3 N–H and O–H groups in total. The molecule has 0 spiro atoms. The van der Waals surface area contributed by atoms with Crippen LogP contribution < -0.4 is 10.6 Å². The molecule has 3 aromatic carbocycles. The Labute approximate surface area is 228 Å². The van der Waals surface area contributed by atoms with E-state index >= 15 is 0 Å². The van der Waals surface area contributed by atoms with E-state index in [1.807, 2.05) is 37.4 Å². The third-order valence-corrected chi connectivity index (χ3v) is 7.75. The van der Waals surface area contributed by atoms with Crippen molar-refractivity contribution >= 4 is 38.4 Å². The maximum absolute atomic E-state index is 13.0. The Morgan fingerprint density at radius 2 is 1.62 bits per heavy atom. The van der Waals surface area contributed by atoms with Crippen LogP contribution >= 0.6 is 0 Å². The monoisotopic (exact) mass is 547 g/mol. The molecular formula is C30H33N3O5S. The van der Waals surface area contributed by atoms with Gasteiger partial charge in [0, 0.05) is 29.2 Å². The van der Waals surface area contributed by atoms with Gasteiger partial charge in [0.05, 0.1) is 10.6 Å². The van der Waals surface area contributed by atoms with Crippen molar-refractivity contribution in [3.05, 3.63) is 95.7 Å². The fraction of sp³-hybridized carbons (Fsp3) is 0.267. The van der Waals surface area contributed by atoms with Crippen LogP contribution in [0.15, 0.2) is 83.9 Å². The highest BCUT2D eigenvalue weighted by Crippen LogP contribution is 2.21. The number of benzene rings is 3. The van der Waals surface area contributed by atoms with Crippen LogP contribution in [0.4, 0.5) is 10.5 Å². The summed E-state index contributed by atoms with van der Waals surface area (Å²) in [6.45, 7) is 7.22. The number of amides is 2. The number of H-pyrrole nitrogens is 1. The van der Waals surface area contributed by atoms with Crippen LogP contribution in [-0.2, 0) is 31.5 Å². The predicted molar refractivity (Wildman–Crippen MR) is 152 cm³/mol. The van der Waals surface area contributed by atoms with Crippen molar-refractivity contribution < 1.29 is 22.7 Å². The molecule has 9 heteroatoms. The maximum atomic E-state index is 13.0. The smallest absolute Gasteiger partial charge is 0.329 e. The van der Waals surface area contributed by atoms with Gasteiger partial charge in [-0.1, -0.05) is 48.0 Å². The van der Waals surface area contributed by atoms with Gasteiger partial charge in [-0.2, -0.15) is 0 Å². The number of sulfone groups is 1. The van der Waals surface area contributed by atoms with Crippen LogP contribution in [0.2, 0.25) is 0 Å². The summed E-state index contributed by atoms with van der Waals surface area (Å²) in [7, 11) is -3.50. The molecule has 0 aliphatic rings. The molecule has 0 fully saturated rings. The second-order valence-electron chi connectivity index (χ2n) is 10.5. The Balaban J connectivity index is 1.43. The number of aromatic nitrogens is 1. The molecule has 0 unspecified atom stereocenters. The van der Waals surface area contributed by atoms with Gasteiger partial charge in [-0.05, 0) is 69.2 Å². The number of nitrogens with one attached hydrogen (secondary N) is 3. The third kappa shape index (κ3) is 7.48. The number of esters is 1. The lowest BCUT2D eigenvalue weighted by Crippen LogP contribution is -2.47. The van der Waals surface area contributed by atoms with Gasteiger partial charge in [0.25, 0.3) is 0 Å². The number of carbonyl (C=O) groups is 2. The van der Waals surface area contributed by atoms with Crippen molar-refractivity contribution in [1.29, 1.82) is 0 Å². The molecule has 8 nitrogen and oxygen atoms in total. The highest BCUT2D eigenvalue weighted by atomic mass is 32.2. The van der Waals surface area contributed by atoms with Crippen molar-refractivity contribution in [3.63, 3.8) is 0 Å². The number of aromatic amines is 1. The minimum atomic E-state index is -3.50. The molecule has 204 valence electrons. The average Bonchev–Trinajstić information content (AvgIpc) is 3.27. The van der Waals surface area contributed by atoms with E-state index in [1.54, 1.807) is 69.3 Å². The number of para-hydroxylation sites is 1. The molecule has 0 radical (unpaired) electrons. The summed E-state index contributed by atoms with van der Waals surface area (Å²) >= 11 is 0. The zero-order valence-corrected chi connectivity index (χ0v) is 23.3. The number of urea groups is 1. The minimum absolute atomic E-state index is 0.159. The summed E-state index contributed by atoms with van der Waals surface area (Å²) in [6, 6.07) is 19.5. The standard InChI is InChI=1S/C30H33N3O5S/c1-20-9-15-24(16-10-20)39(36,37)19-21-11-13-23(14-12-21)32-29(35)33-27(28(34)38-30(2,3)4)17-22-18-31-26-8-6-5-7-25(22)26/h5-16,18,27,31H,17,19H2,1-4H3,(H2,32,33,35)/t27-/m0/s1. The number of aryl methyl sites for hydroxylation is 1. The van der Waals surface area contributed by atoms with Gasteiger partial charge < -0.3 is 20.4 Å². The summed E-state index contributed by atoms with van der Waals surface area (Å²) in [5, 5.41) is 6.42. The lowest BCUT2D eigenvalue weighted by atomic mass is 10.0. The highest BCUT2D eigenvalue weighted by Gasteiger charge is 2.28. The summed E-state index contributed by atoms with van der Waals surface area (Å²) in [6.07, 6.45) is 2.06. The van der Waals surface area contributed by atoms with Crippen LogP contribution in [0.25, 0.3) is 10.9 Å². The first kappa shape index (κ1) is 27.9. The molecule has 2 amide bonds. The molecule has 1 heterocycles. The van der Waals surface area contributed by atoms with Gasteiger partial charge in [-0.25, -0.2) is 18.0 Å². The summed E-state index contributed by atoms with van der Waals surface area (Å²) in [5.41, 5.74) is 3.12. The van der Waals surface area contributed by atoms with E-state index < -0.39 is 33.5 Å². The van der Waals surface area contributed by atoms with Crippen LogP contribution in [0, 0.1) is 6.92 Å². The Bertz CT molecular complexity index is 1570. The number of carbonyl (C=O) groups excluding carboxylic acids is 2. The summed E-state index contributed by atoms with van der Waals surface area (Å²) < 4.78 is 31.1. The molecule has 0 bridgehead atoms. The summed E-state index contributed by atoms with van der Waals surface area (Å²) in [4.78, 5) is 29.3. The number of ether oxygens (including phenoxy) is 1. The van der Waals surface area contributed by atoms with Crippen LogP contribution in [0.3, 0.4) is 0 Å². The molecule has 4 aromatic rings. The molecule has 0 aliphatic carbocycles. The van der Waals surface area contributed by atoms with Crippen LogP contribution in [-0.4, -0.2) is 37.0 Å². The molecule has 4 rings (SSSR count). The summed E-state index contributed by atoms with van der Waals surface area (Å²) in [5.74, 6) is -0.701. The van der Waals surface area contributed by atoms with Crippen molar-refractivity contribution in [2.24, 2.45) is 0 Å². The number of anilines is 1. The van der Waals surface area contributed by atoms with E-state index in [9.17, 15) is 18.0 Å². The fourth-order valence-electron chi connectivity index (χ4n) is 4.14.